The minimum atomic E-state index is 0. The van der Waals surface area contributed by atoms with Crippen LogP contribution in [0.4, 0.5) is 0 Å². The average Bonchev–Trinajstić information content (AvgIpc) is 2.88. The third-order valence-electron chi connectivity index (χ3n) is 5.05. The van der Waals surface area contributed by atoms with Crippen molar-refractivity contribution in [2.75, 3.05) is 19.7 Å². The number of fused-ring (bicyclic) bond motifs is 3. The second-order valence-corrected chi connectivity index (χ2v) is 6.76. The lowest BCUT2D eigenvalue weighted by Gasteiger charge is -2.08. The molecule has 4 rings (SSSR count). The molecular weight excluding hydrogens is 358 g/mol. The van der Waals surface area contributed by atoms with E-state index in [1.807, 2.05) is 12.1 Å². The van der Waals surface area contributed by atoms with Crippen molar-refractivity contribution in [3.05, 3.63) is 64.8 Å². The molecule has 2 aromatic carbocycles. The number of nitrogens with one attached hydrogen (secondary N) is 2. The Morgan fingerprint density at radius 2 is 1.85 bits per heavy atom. The molecule has 27 heavy (non-hydrogen) atoms. The molecule has 1 aliphatic rings. The van der Waals surface area contributed by atoms with E-state index >= 15 is 0 Å². The van der Waals surface area contributed by atoms with Crippen LogP contribution in [0.2, 0.25) is 0 Å². The summed E-state index contributed by atoms with van der Waals surface area (Å²) < 4.78 is 5.83. The van der Waals surface area contributed by atoms with E-state index in [4.69, 9.17) is 10.00 Å². The van der Waals surface area contributed by atoms with Gasteiger partial charge in [0.05, 0.1) is 18.2 Å². The molecule has 0 saturated heterocycles. The van der Waals surface area contributed by atoms with Crippen molar-refractivity contribution in [1.29, 1.82) is 5.26 Å². The molecule has 5 heteroatoms. The zero-order valence-electron chi connectivity index (χ0n) is 15.3. The Morgan fingerprint density at radius 1 is 1.04 bits per heavy atom. The van der Waals surface area contributed by atoms with E-state index in [0.29, 0.717) is 12.2 Å². The van der Waals surface area contributed by atoms with E-state index in [0.717, 1.165) is 44.5 Å². The molecule has 2 N–H and O–H groups in total. The van der Waals surface area contributed by atoms with Crippen LogP contribution in [0.5, 0.6) is 5.75 Å². The van der Waals surface area contributed by atoms with Crippen molar-refractivity contribution in [1.82, 2.24) is 10.3 Å². The summed E-state index contributed by atoms with van der Waals surface area (Å²) in [6, 6.07) is 16.0. The van der Waals surface area contributed by atoms with Crippen molar-refractivity contribution < 1.29 is 4.74 Å². The predicted octanol–water partition coefficient (Wildman–Crippen LogP) is 4.16. The summed E-state index contributed by atoms with van der Waals surface area (Å²) in [7, 11) is 0. The molecule has 0 radical (unpaired) electrons. The van der Waals surface area contributed by atoms with Gasteiger partial charge >= 0.3 is 0 Å². The number of nitrogens with zero attached hydrogens (tertiary/aromatic N) is 1. The van der Waals surface area contributed by atoms with E-state index in [2.05, 4.69) is 34.6 Å². The summed E-state index contributed by atoms with van der Waals surface area (Å²) in [5, 5.41) is 13.7. The maximum absolute atomic E-state index is 8.84. The van der Waals surface area contributed by atoms with E-state index < -0.39 is 0 Å². The lowest BCUT2D eigenvalue weighted by molar-refractivity contribution is 0.311. The largest absolute Gasteiger partial charge is 0.494 e. The Morgan fingerprint density at radius 3 is 2.67 bits per heavy atom. The van der Waals surface area contributed by atoms with Gasteiger partial charge in [-0.15, -0.1) is 12.4 Å². The Balaban J connectivity index is 0.00000210. The van der Waals surface area contributed by atoms with Crippen LogP contribution in [-0.2, 0) is 19.3 Å². The van der Waals surface area contributed by atoms with Gasteiger partial charge in [0.1, 0.15) is 5.75 Å². The van der Waals surface area contributed by atoms with Gasteiger partial charge in [-0.1, -0.05) is 12.1 Å². The number of rotatable bonds is 5. The van der Waals surface area contributed by atoms with E-state index in [1.165, 1.54) is 27.7 Å². The van der Waals surface area contributed by atoms with Crippen LogP contribution >= 0.6 is 12.4 Å². The fraction of sp³-hybridized carbons (Fsp3) is 0.318. The van der Waals surface area contributed by atoms with Gasteiger partial charge in [-0.3, -0.25) is 0 Å². The summed E-state index contributed by atoms with van der Waals surface area (Å²) in [6.07, 6.45) is 4.14. The topological polar surface area (TPSA) is 60.8 Å². The summed E-state index contributed by atoms with van der Waals surface area (Å²) in [4.78, 5) is 3.63. The molecule has 0 unspecified atom stereocenters. The number of hydrogen-bond donors (Lipinski definition) is 2. The van der Waals surface area contributed by atoms with Crippen LogP contribution in [-0.4, -0.2) is 24.7 Å². The molecule has 1 aromatic heterocycles. The SMILES string of the molecule is Cl.N#Cc1ccc(OCCCc2cccc3[nH]c4c(c23)CCNCC4)cc1. The third-order valence-corrected chi connectivity index (χ3v) is 5.05. The van der Waals surface area contributed by atoms with Crippen LogP contribution in [0.25, 0.3) is 10.9 Å². The Labute approximate surface area is 166 Å². The van der Waals surface area contributed by atoms with Gasteiger partial charge in [-0.2, -0.15) is 5.26 Å². The molecule has 0 amide bonds. The summed E-state index contributed by atoms with van der Waals surface area (Å²) >= 11 is 0. The maximum Gasteiger partial charge on any atom is 0.119 e. The monoisotopic (exact) mass is 381 g/mol. The Kier molecular flexibility index (Phi) is 6.39. The van der Waals surface area contributed by atoms with Gasteiger partial charge in [0.15, 0.2) is 0 Å². The van der Waals surface area contributed by atoms with Gasteiger partial charge < -0.3 is 15.0 Å². The first kappa shape index (κ1) is 19.3. The molecule has 0 aliphatic carbocycles. The molecule has 4 nitrogen and oxygen atoms in total. The summed E-state index contributed by atoms with van der Waals surface area (Å²) in [5.41, 5.74) is 6.22. The lowest BCUT2D eigenvalue weighted by atomic mass is 9.99. The van der Waals surface area contributed by atoms with Crippen molar-refractivity contribution in [2.45, 2.75) is 25.7 Å². The number of H-pyrrole nitrogens is 1. The molecule has 0 fully saturated rings. The van der Waals surface area contributed by atoms with E-state index in [-0.39, 0.29) is 12.4 Å². The fourth-order valence-corrected chi connectivity index (χ4v) is 3.78. The highest BCUT2D eigenvalue weighted by Crippen LogP contribution is 2.28. The second-order valence-electron chi connectivity index (χ2n) is 6.76. The zero-order valence-corrected chi connectivity index (χ0v) is 16.1. The first-order valence-electron chi connectivity index (χ1n) is 9.30. The average molecular weight is 382 g/mol. The number of aromatic amines is 1. The van der Waals surface area contributed by atoms with Crippen molar-refractivity contribution in [2.24, 2.45) is 0 Å². The standard InChI is InChI=1S/C22H23N3O.ClH/c23-15-16-6-8-18(9-7-16)26-14-2-4-17-3-1-5-21-22(17)19-10-12-24-13-11-20(19)25-21;/h1,3,5-9,24-25H,2,4,10-14H2;1H. The smallest absolute Gasteiger partial charge is 0.119 e. The van der Waals surface area contributed by atoms with Gasteiger partial charge in [0.25, 0.3) is 0 Å². The minimum absolute atomic E-state index is 0. The van der Waals surface area contributed by atoms with Crippen LogP contribution in [0.15, 0.2) is 42.5 Å². The van der Waals surface area contributed by atoms with Crippen molar-refractivity contribution in [3.8, 4) is 11.8 Å². The highest BCUT2D eigenvalue weighted by atomic mass is 35.5. The van der Waals surface area contributed by atoms with Crippen molar-refractivity contribution in [3.63, 3.8) is 0 Å². The molecule has 0 atom stereocenters. The molecule has 1 aliphatic heterocycles. The van der Waals surface area contributed by atoms with Crippen LogP contribution < -0.4 is 10.1 Å². The van der Waals surface area contributed by atoms with Crippen molar-refractivity contribution >= 4 is 23.3 Å². The number of aromatic nitrogens is 1. The van der Waals surface area contributed by atoms with Crippen LogP contribution in [0, 0.1) is 11.3 Å². The molecule has 140 valence electrons. The first-order chi connectivity index (χ1) is 12.8. The second kappa shape index (κ2) is 8.94. The van der Waals surface area contributed by atoms with Gasteiger partial charge in [-0.05, 0) is 67.3 Å². The van der Waals surface area contributed by atoms with Gasteiger partial charge in [0.2, 0.25) is 0 Å². The van der Waals surface area contributed by atoms with Crippen LogP contribution in [0.3, 0.4) is 0 Å². The van der Waals surface area contributed by atoms with E-state index in [9.17, 15) is 0 Å². The number of aryl methyl sites for hydroxylation is 1. The first-order valence-corrected chi connectivity index (χ1v) is 9.30. The summed E-state index contributed by atoms with van der Waals surface area (Å²) in [6.45, 7) is 2.78. The molecule has 0 saturated carbocycles. The minimum Gasteiger partial charge on any atom is -0.494 e. The quantitative estimate of drug-likeness (QED) is 0.652. The number of halogens is 1. The normalized spacial score (nSPS) is 13.3. The molecule has 2 heterocycles. The number of hydrogen-bond acceptors (Lipinski definition) is 3. The highest BCUT2D eigenvalue weighted by Gasteiger charge is 2.16. The number of benzene rings is 2. The summed E-state index contributed by atoms with van der Waals surface area (Å²) in [5.74, 6) is 0.823. The third kappa shape index (κ3) is 4.27. The fourth-order valence-electron chi connectivity index (χ4n) is 3.78. The molecule has 0 spiro atoms. The molecule has 0 bridgehead atoms. The zero-order chi connectivity index (χ0) is 17.8. The Bertz CT molecular complexity index is 941. The number of nitriles is 1. The van der Waals surface area contributed by atoms with E-state index in [1.54, 1.807) is 12.1 Å². The lowest BCUT2D eigenvalue weighted by Crippen LogP contribution is -2.16. The maximum atomic E-state index is 8.84. The molecular formula is C22H24ClN3O. The van der Waals surface area contributed by atoms with Gasteiger partial charge in [0, 0.05) is 29.6 Å². The predicted molar refractivity (Wildman–Crippen MR) is 111 cm³/mol. The Hall–Kier alpha value is -2.48. The number of ether oxygens (including phenoxy) is 1. The molecule has 3 aromatic rings. The van der Waals surface area contributed by atoms with Crippen LogP contribution in [0.1, 0.15) is 28.8 Å². The highest BCUT2D eigenvalue weighted by molar-refractivity contribution is 5.88. The van der Waals surface area contributed by atoms with Gasteiger partial charge in [-0.25, -0.2) is 0 Å².